The molecule has 0 bridgehead atoms. The molecule has 4 rings (SSSR count). The first-order chi connectivity index (χ1) is 13.6. The van der Waals surface area contributed by atoms with Gasteiger partial charge in [0.25, 0.3) is 0 Å². The minimum Gasteiger partial charge on any atom is -0.356 e. The molecular weight excluding hydrogens is 351 g/mol. The molecule has 28 heavy (non-hydrogen) atoms. The van der Waals surface area contributed by atoms with E-state index in [1.165, 1.54) is 12.1 Å². The molecular formula is C23H25FN4. The molecule has 1 aliphatic rings. The lowest BCUT2D eigenvalue weighted by Crippen LogP contribution is -2.34. The van der Waals surface area contributed by atoms with Gasteiger partial charge in [0.1, 0.15) is 17.5 Å². The third-order valence-electron chi connectivity index (χ3n) is 5.36. The molecule has 0 spiro atoms. The van der Waals surface area contributed by atoms with E-state index in [2.05, 4.69) is 33.1 Å². The molecule has 0 N–H and O–H groups in total. The van der Waals surface area contributed by atoms with E-state index >= 15 is 0 Å². The summed E-state index contributed by atoms with van der Waals surface area (Å²) < 4.78 is 13.0. The first kappa shape index (κ1) is 18.5. The Morgan fingerprint density at radius 3 is 2.32 bits per heavy atom. The minimum absolute atomic E-state index is 0.198. The number of hydrogen-bond acceptors (Lipinski definition) is 4. The maximum Gasteiger partial charge on any atom is 0.132 e. The highest BCUT2D eigenvalue weighted by molar-refractivity contribution is 5.40. The van der Waals surface area contributed by atoms with Crippen LogP contribution in [0.4, 0.5) is 10.2 Å². The van der Waals surface area contributed by atoms with E-state index in [1.807, 2.05) is 32.2 Å². The van der Waals surface area contributed by atoms with Crippen molar-refractivity contribution in [1.82, 2.24) is 15.0 Å². The van der Waals surface area contributed by atoms with Crippen LogP contribution in [0.5, 0.6) is 0 Å². The second-order valence-corrected chi connectivity index (χ2v) is 7.57. The van der Waals surface area contributed by atoms with Gasteiger partial charge in [-0.2, -0.15) is 0 Å². The van der Waals surface area contributed by atoms with Crippen molar-refractivity contribution in [3.63, 3.8) is 0 Å². The molecule has 0 amide bonds. The highest BCUT2D eigenvalue weighted by Crippen LogP contribution is 2.29. The van der Waals surface area contributed by atoms with E-state index in [4.69, 9.17) is 4.98 Å². The molecule has 0 unspecified atom stereocenters. The van der Waals surface area contributed by atoms with Gasteiger partial charge in [0, 0.05) is 42.7 Å². The van der Waals surface area contributed by atoms with Crippen molar-refractivity contribution in [1.29, 1.82) is 0 Å². The molecule has 144 valence electrons. The van der Waals surface area contributed by atoms with E-state index < -0.39 is 0 Å². The largest absolute Gasteiger partial charge is 0.356 e. The summed E-state index contributed by atoms with van der Waals surface area (Å²) in [6.45, 7) is 5.93. The zero-order valence-electron chi connectivity index (χ0n) is 16.4. The lowest BCUT2D eigenvalue weighted by atomic mass is 9.92. The van der Waals surface area contributed by atoms with E-state index in [9.17, 15) is 4.39 Å². The van der Waals surface area contributed by atoms with Crippen LogP contribution in [-0.2, 0) is 6.42 Å². The number of hydrogen-bond donors (Lipinski definition) is 0. The van der Waals surface area contributed by atoms with Gasteiger partial charge in [-0.25, -0.2) is 14.4 Å². The number of aromatic nitrogens is 3. The Hall–Kier alpha value is -2.82. The lowest BCUT2D eigenvalue weighted by Gasteiger charge is -2.32. The van der Waals surface area contributed by atoms with Crippen LogP contribution in [-0.4, -0.2) is 28.0 Å². The number of nitrogens with zero attached hydrogens (tertiary/aromatic N) is 4. The number of rotatable bonds is 4. The highest BCUT2D eigenvalue weighted by Gasteiger charge is 2.22. The van der Waals surface area contributed by atoms with Crippen molar-refractivity contribution >= 4 is 5.82 Å². The lowest BCUT2D eigenvalue weighted by molar-refractivity contribution is 0.493. The zero-order chi connectivity index (χ0) is 19.5. The van der Waals surface area contributed by atoms with Crippen LogP contribution in [0.1, 0.15) is 47.1 Å². The third kappa shape index (κ3) is 4.35. The topological polar surface area (TPSA) is 41.9 Å². The zero-order valence-corrected chi connectivity index (χ0v) is 16.4. The molecule has 3 heterocycles. The molecule has 0 radical (unpaired) electrons. The number of pyridine rings is 1. The predicted molar refractivity (Wildman–Crippen MR) is 109 cm³/mol. The maximum atomic E-state index is 13.0. The van der Waals surface area contributed by atoms with Gasteiger partial charge in [-0.1, -0.05) is 18.2 Å². The Morgan fingerprint density at radius 1 is 0.964 bits per heavy atom. The minimum atomic E-state index is -0.198. The number of piperidine rings is 1. The van der Waals surface area contributed by atoms with Crippen molar-refractivity contribution in [2.75, 3.05) is 18.0 Å². The second kappa shape index (κ2) is 8.05. The average Bonchev–Trinajstić information content (AvgIpc) is 2.70. The first-order valence-corrected chi connectivity index (χ1v) is 9.83. The molecule has 1 fully saturated rings. The normalized spacial score (nSPS) is 15.0. The number of anilines is 1. The van der Waals surface area contributed by atoms with Gasteiger partial charge in [-0.3, -0.25) is 4.98 Å². The molecule has 0 aliphatic carbocycles. The summed E-state index contributed by atoms with van der Waals surface area (Å²) in [4.78, 5) is 16.0. The van der Waals surface area contributed by atoms with Crippen molar-refractivity contribution in [3.05, 3.63) is 82.8 Å². The fraction of sp³-hybridized carbons (Fsp3) is 0.348. The standard InChI is InChI=1S/C23H25FN4/c1-16-13-23(27-17(2)26-16)28-11-9-20(10-12-28)22-8-5-19(15-25-22)14-18-3-6-21(24)7-4-18/h3-8,13,15,20H,9-12,14H2,1-2H3. The quantitative estimate of drug-likeness (QED) is 0.667. The van der Waals surface area contributed by atoms with Gasteiger partial charge in [0.05, 0.1) is 0 Å². The number of aryl methyl sites for hydroxylation is 2. The summed E-state index contributed by atoms with van der Waals surface area (Å²) in [5.41, 5.74) is 4.43. The van der Waals surface area contributed by atoms with Crippen molar-refractivity contribution in [2.45, 2.75) is 39.0 Å². The molecule has 2 aromatic heterocycles. The first-order valence-electron chi connectivity index (χ1n) is 9.83. The van der Waals surface area contributed by atoms with Crippen LogP contribution in [0.25, 0.3) is 0 Å². The average molecular weight is 376 g/mol. The van der Waals surface area contributed by atoms with Gasteiger partial charge in [0.15, 0.2) is 0 Å². The molecule has 1 aliphatic heterocycles. The summed E-state index contributed by atoms with van der Waals surface area (Å²) in [7, 11) is 0. The van der Waals surface area contributed by atoms with Gasteiger partial charge in [0.2, 0.25) is 0 Å². The second-order valence-electron chi connectivity index (χ2n) is 7.57. The van der Waals surface area contributed by atoms with E-state index in [1.54, 1.807) is 0 Å². The summed E-state index contributed by atoms with van der Waals surface area (Å²) in [6, 6.07) is 13.0. The van der Waals surface area contributed by atoms with Crippen molar-refractivity contribution in [2.24, 2.45) is 0 Å². The van der Waals surface area contributed by atoms with Crippen LogP contribution in [0.3, 0.4) is 0 Å². The van der Waals surface area contributed by atoms with Crippen LogP contribution in [0.15, 0.2) is 48.7 Å². The Balaban J connectivity index is 1.37. The van der Waals surface area contributed by atoms with E-state index in [-0.39, 0.29) is 5.82 Å². The molecule has 0 saturated carbocycles. The van der Waals surface area contributed by atoms with Gasteiger partial charge in [-0.05, 0) is 62.4 Å². The van der Waals surface area contributed by atoms with Crippen LogP contribution < -0.4 is 4.90 Å². The van der Waals surface area contributed by atoms with Crippen LogP contribution >= 0.6 is 0 Å². The number of halogens is 1. The SMILES string of the molecule is Cc1cc(N2CCC(c3ccc(Cc4ccc(F)cc4)cn3)CC2)nc(C)n1. The van der Waals surface area contributed by atoms with Crippen LogP contribution in [0.2, 0.25) is 0 Å². The van der Waals surface area contributed by atoms with Gasteiger partial charge in [-0.15, -0.1) is 0 Å². The van der Waals surface area contributed by atoms with Crippen molar-refractivity contribution in [3.8, 4) is 0 Å². The Bertz CT molecular complexity index is 910. The molecule has 4 nitrogen and oxygen atoms in total. The summed E-state index contributed by atoms with van der Waals surface area (Å²) in [5, 5.41) is 0. The Morgan fingerprint density at radius 2 is 1.68 bits per heavy atom. The molecule has 5 heteroatoms. The predicted octanol–water partition coefficient (Wildman–Crippen LogP) is 4.60. The van der Waals surface area contributed by atoms with Crippen LogP contribution in [0, 0.1) is 19.7 Å². The van der Waals surface area contributed by atoms with Crippen molar-refractivity contribution < 1.29 is 4.39 Å². The van der Waals surface area contributed by atoms with Gasteiger partial charge < -0.3 is 4.90 Å². The Labute approximate surface area is 165 Å². The maximum absolute atomic E-state index is 13.0. The molecule has 3 aromatic rings. The third-order valence-corrected chi connectivity index (χ3v) is 5.36. The highest BCUT2D eigenvalue weighted by atomic mass is 19.1. The summed E-state index contributed by atoms with van der Waals surface area (Å²) in [6.07, 6.45) is 4.89. The van der Waals surface area contributed by atoms with E-state index in [0.29, 0.717) is 5.92 Å². The molecule has 0 atom stereocenters. The van der Waals surface area contributed by atoms with E-state index in [0.717, 1.165) is 66.5 Å². The Kier molecular flexibility index (Phi) is 5.33. The van der Waals surface area contributed by atoms with Gasteiger partial charge >= 0.3 is 0 Å². The monoisotopic (exact) mass is 376 g/mol. The summed E-state index contributed by atoms with van der Waals surface area (Å²) in [5.74, 6) is 2.15. The molecule has 1 saturated heterocycles. The number of benzene rings is 1. The fourth-order valence-corrected chi connectivity index (χ4v) is 3.88. The smallest absolute Gasteiger partial charge is 0.132 e. The summed E-state index contributed by atoms with van der Waals surface area (Å²) >= 11 is 0. The molecule has 1 aromatic carbocycles. The fourth-order valence-electron chi connectivity index (χ4n) is 3.88.